The summed E-state index contributed by atoms with van der Waals surface area (Å²) in [5, 5.41) is 2.53. The number of hydrogen-bond acceptors (Lipinski definition) is 3. The standard InChI is InChI=1S/C18H25F2N5OS/c1-11(21)22-17(27)23-18(26)25-6-4-12(5-7-25)8-14-15(19)9-13(24(2)3)10-16(14)20/h9-10,12H,4-8H2,1-3H3,(H3,21,22,23,26,27). The molecule has 0 aliphatic carbocycles. The average molecular weight is 397 g/mol. The van der Waals surface area contributed by atoms with E-state index in [0.29, 0.717) is 38.0 Å². The molecule has 1 fully saturated rings. The first-order chi connectivity index (χ1) is 12.7. The lowest BCUT2D eigenvalue weighted by Crippen LogP contribution is -2.46. The third kappa shape index (κ3) is 5.85. The molecule has 1 aliphatic heterocycles. The van der Waals surface area contributed by atoms with Crippen molar-refractivity contribution in [3.63, 3.8) is 0 Å². The van der Waals surface area contributed by atoms with Gasteiger partial charge >= 0.3 is 6.03 Å². The monoisotopic (exact) mass is 397 g/mol. The number of carbonyl (C=O) groups is 1. The molecule has 27 heavy (non-hydrogen) atoms. The van der Waals surface area contributed by atoms with Crippen molar-refractivity contribution in [2.75, 3.05) is 32.1 Å². The van der Waals surface area contributed by atoms with E-state index in [2.05, 4.69) is 10.3 Å². The molecule has 0 atom stereocenters. The lowest BCUT2D eigenvalue weighted by molar-refractivity contribution is 0.174. The van der Waals surface area contributed by atoms with Gasteiger partial charge in [-0.2, -0.15) is 0 Å². The lowest BCUT2D eigenvalue weighted by Gasteiger charge is -2.32. The predicted octanol–water partition coefficient (Wildman–Crippen LogP) is 2.66. The Morgan fingerprint density at radius 2 is 1.89 bits per heavy atom. The van der Waals surface area contributed by atoms with Crippen LogP contribution in [0.25, 0.3) is 0 Å². The zero-order valence-electron chi connectivity index (χ0n) is 15.8. The Morgan fingerprint density at radius 1 is 1.33 bits per heavy atom. The molecule has 1 aliphatic rings. The zero-order chi connectivity index (χ0) is 20.1. The Labute approximate surface area is 163 Å². The van der Waals surface area contributed by atoms with E-state index < -0.39 is 11.6 Å². The van der Waals surface area contributed by atoms with Gasteiger partial charge in [0.15, 0.2) is 0 Å². The number of benzene rings is 1. The van der Waals surface area contributed by atoms with Gasteiger partial charge in [-0.15, -0.1) is 0 Å². The first-order valence-electron chi connectivity index (χ1n) is 8.73. The molecule has 148 valence electrons. The van der Waals surface area contributed by atoms with Crippen LogP contribution in [0.3, 0.4) is 0 Å². The van der Waals surface area contributed by atoms with Gasteiger partial charge in [-0.1, -0.05) is 0 Å². The fraction of sp³-hybridized carbons (Fsp3) is 0.500. The van der Waals surface area contributed by atoms with Gasteiger partial charge in [0.1, 0.15) is 11.6 Å². The summed E-state index contributed by atoms with van der Waals surface area (Å²) in [6.45, 7) is 2.56. The molecule has 2 rings (SSSR count). The van der Waals surface area contributed by atoms with Gasteiger partial charge in [0.2, 0.25) is 5.11 Å². The number of amidine groups is 1. The molecule has 1 aromatic rings. The smallest absolute Gasteiger partial charge is 0.323 e. The summed E-state index contributed by atoms with van der Waals surface area (Å²) < 4.78 is 28.6. The molecule has 0 saturated carbocycles. The Hall–Kier alpha value is -2.29. The molecule has 0 radical (unpaired) electrons. The molecule has 1 heterocycles. The number of carbonyl (C=O) groups excluding carboxylic acids is 1. The van der Waals surface area contributed by atoms with E-state index in [1.165, 1.54) is 12.1 Å². The molecule has 1 saturated heterocycles. The lowest BCUT2D eigenvalue weighted by atomic mass is 9.89. The number of anilines is 1. The van der Waals surface area contributed by atoms with Crippen molar-refractivity contribution in [3.05, 3.63) is 29.3 Å². The second-order valence-corrected chi connectivity index (χ2v) is 7.29. The number of nitrogens with one attached hydrogen (secondary N) is 1. The number of rotatable bonds is 3. The van der Waals surface area contributed by atoms with Gasteiger partial charge in [-0.3, -0.25) is 5.32 Å². The first kappa shape index (κ1) is 21.0. The quantitative estimate of drug-likeness (QED) is 0.467. The molecule has 0 unspecified atom stereocenters. The van der Waals surface area contributed by atoms with Crippen molar-refractivity contribution in [1.29, 1.82) is 0 Å². The molecule has 6 nitrogen and oxygen atoms in total. The van der Waals surface area contributed by atoms with Crippen LogP contribution in [-0.2, 0) is 6.42 Å². The highest BCUT2D eigenvalue weighted by atomic mass is 32.1. The first-order valence-corrected chi connectivity index (χ1v) is 9.14. The fourth-order valence-corrected chi connectivity index (χ4v) is 3.26. The van der Waals surface area contributed by atoms with Gasteiger partial charge < -0.3 is 15.5 Å². The molecule has 2 amide bonds. The SMILES string of the molecule is C/C(N)=N/C(=S)NC(=O)N1CCC(Cc2c(F)cc(N(C)C)cc2F)CC1. The van der Waals surface area contributed by atoms with Crippen molar-refractivity contribution >= 4 is 34.9 Å². The minimum atomic E-state index is -0.528. The summed E-state index contributed by atoms with van der Waals surface area (Å²) in [5.41, 5.74) is 6.02. The topological polar surface area (TPSA) is 74.0 Å². The van der Waals surface area contributed by atoms with E-state index in [-0.39, 0.29) is 28.5 Å². The van der Waals surface area contributed by atoms with Crippen LogP contribution in [0.15, 0.2) is 17.1 Å². The number of amides is 2. The second kappa shape index (κ2) is 9.07. The maximum absolute atomic E-state index is 14.3. The van der Waals surface area contributed by atoms with Crippen LogP contribution in [0.2, 0.25) is 0 Å². The summed E-state index contributed by atoms with van der Waals surface area (Å²) in [6, 6.07) is 2.36. The largest absolute Gasteiger partial charge is 0.387 e. The summed E-state index contributed by atoms with van der Waals surface area (Å²) in [4.78, 5) is 19.2. The molecule has 1 aromatic carbocycles. The van der Waals surface area contributed by atoms with Crippen molar-refractivity contribution in [1.82, 2.24) is 10.2 Å². The molecule has 9 heteroatoms. The molecule has 3 N–H and O–H groups in total. The number of likely N-dealkylation sites (tertiary alicyclic amines) is 1. The Balaban J connectivity index is 1.92. The van der Waals surface area contributed by atoms with E-state index in [1.54, 1.807) is 30.8 Å². The molecular weight excluding hydrogens is 372 g/mol. The Morgan fingerprint density at radius 3 is 2.37 bits per heavy atom. The van der Waals surface area contributed by atoms with Gasteiger partial charge in [0, 0.05) is 38.4 Å². The van der Waals surface area contributed by atoms with E-state index in [9.17, 15) is 13.6 Å². The number of hydrogen-bond donors (Lipinski definition) is 2. The van der Waals surface area contributed by atoms with Gasteiger partial charge in [0.25, 0.3) is 0 Å². The highest BCUT2D eigenvalue weighted by molar-refractivity contribution is 7.80. The molecule has 0 spiro atoms. The van der Waals surface area contributed by atoms with E-state index in [0.717, 1.165) is 0 Å². The minimum absolute atomic E-state index is 0.0206. The van der Waals surface area contributed by atoms with Crippen LogP contribution in [0.4, 0.5) is 19.3 Å². The summed E-state index contributed by atoms with van der Waals surface area (Å²) >= 11 is 4.93. The van der Waals surface area contributed by atoms with Gasteiger partial charge in [-0.25, -0.2) is 18.6 Å². The van der Waals surface area contributed by atoms with E-state index in [1.807, 2.05) is 0 Å². The van der Waals surface area contributed by atoms with Crippen LogP contribution in [0.5, 0.6) is 0 Å². The Bertz CT molecular complexity index is 718. The van der Waals surface area contributed by atoms with Crippen LogP contribution in [0.1, 0.15) is 25.3 Å². The predicted molar refractivity (Wildman–Crippen MR) is 107 cm³/mol. The zero-order valence-corrected chi connectivity index (χ0v) is 16.6. The third-order valence-electron chi connectivity index (χ3n) is 4.53. The summed E-state index contributed by atoms with van der Waals surface area (Å²) in [6.07, 6.45) is 1.64. The van der Waals surface area contributed by atoms with Crippen LogP contribution >= 0.6 is 12.2 Å². The second-order valence-electron chi connectivity index (χ2n) is 6.91. The molecular formula is C18H25F2N5OS. The maximum Gasteiger partial charge on any atom is 0.323 e. The van der Waals surface area contributed by atoms with Crippen molar-refractivity contribution in [3.8, 4) is 0 Å². The number of aliphatic imine (C=N–C) groups is 1. The van der Waals surface area contributed by atoms with Crippen molar-refractivity contribution in [2.45, 2.75) is 26.2 Å². The van der Waals surface area contributed by atoms with Crippen LogP contribution < -0.4 is 16.0 Å². The maximum atomic E-state index is 14.3. The number of halogens is 2. The minimum Gasteiger partial charge on any atom is -0.387 e. The average Bonchev–Trinajstić information content (AvgIpc) is 2.57. The molecule has 0 bridgehead atoms. The van der Waals surface area contributed by atoms with E-state index >= 15 is 0 Å². The summed E-state index contributed by atoms with van der Waals surface area (Å²) in [5.74, 6) is -0.679. The van der Waals surface area contributed by atoms with Crippen molar-refractivity contribution < 1.29 is 13.6 Å². The van der Waals surface area contributed by atoms with Crippen molar-refractivity contribution in [2.24, 2.45) is 16.6 Å². The number of nitrogens with two attached hydrogens (primary N) is 1. The highest BCUT2D eigenvalue weighted by Crippen LogP contribution is 2.27. The number of urea groups is 1. The normalized spacial score (nSPS) is 15.6. The third-order valence-corrected chi connectivity index (χ3v) is 4.72. The van der Waals surface area contributed by atoms with Gasteiger partial charge in [0.05, 0.1) is 5.84 Å². The van der Waals surface area contributed by atoms with Gasteiger partial charge in [-0.05, 0) is 56.5 Å². The highest BCUT2D eigenvalue weighted by Gasteiger charge is 2.25. The number of piperidine rings is 1. The number of nitrogens with zero attached hydrogens (tertiary/aromatic N) is 3. The van der Waals surface area contributed by atoms with E-state index in [4.69, 9.17) is 18.0 Å². The number of thiocarbonyl (C=S) groups is 1. The Kier molecular flexibility index (Phi) is 7.06. The molecule has 0 aromatic heterocycles. The van der Waals surface area contributed by atoms with Crippen LogP contribution in [-0.4, -0.2) is 49.1 Å². The fourth-order valence-electron chi connectivity index (χ4n) is 3.03. The van der Waals surface area contributed by atoms with Crippen LogP contribution in [0, 0.1) is 17.6 Å². The summed E-state index contributed by atoms with van der Waals surface area (Å²) in [7, 11) is 3.47.